The maximum absolute atomic E-state index is 12.6. The quantitative estimate of drug-likeness (QED) is 0.383. The number of hydrazone groups is 1. The Morgan fingerprint density at radius 2 is 1.97 bits per heavy atom. The van der Waals surface area contributed by atoms with E-state index in [9.17, 15) is 9.59 Å². The van der Waals surface area contributed by atoms with Gasteiger partial charge in [0.1, 0.15) is 17.9 Å². The van der Waals surface area contributed by atoms with Gasteiger partial charge in [-0.3, -0.25) is 14.8 Å². The van der Waals surface area contributed by atoms with Crippen molar-refractivity contribution in [1.82, 2.24) is 20.3 Å². The molecule has 1 unspecified atom stereocenters. The van der Waals surface area contributed by atoms with Crippen molar-refractivity contribution in [2.45, 2.75) is 38.8 Å². The molecule has 164 valence electrons. The minimum Gasteiger partial charge on any atom is -0.444 e. The molecule has 1 aliphatic rings. The number of nitrogens with one attached hydrogen (secondary N) is 1. The van der Waals surface area contributed by atoms with Crippen LogP contribution in [-0.4, -0.2) is 98.0 Å². The minimum atomic E-state index is -0.557. The second-order valence-electron chi connectivity index (χ2n) is 7.91. The van der Waals surface area contributed by atoms with Crippen molar-refractivity contribution in [3.63, 3.8) is 0 Å². The fourth-order valence-corrected chi connectivity index (χ4v) is 2.64. The molecule has 0 saturated carbocycles. The Morgan fingerprint density at radius 1 is 1.31 bits per heavy atom. The first-order chi connectivity index (χ1) is 13.4. The highest BCUT2D eigenvalue weighted by molar-refractivity contribution is 6.43. The lowest BCUT2D eigenvalue weighted by Gasteiger charge is -2.23. The monoisotopic (exact) mass is 410 g/mol. The molecule has 1 aliphatic heterocycles. The summed E-state index contributed by atoms with van der Waals surface area (Å²) in [5.41, 5.74) is -0.138. The fourth-order valence-electron chi connectivity index (χ4n) is 2.64. The summed E-state index contributed by atoms with van der Waals surface area (Å²) in [7, 11) is 6.74. The van der Waals surface area contributed by atoms with Crippen LogP contribution < -0.4 is 5.32 Å². The van der Waals surface area contributed by atoms with E-state index in [-0.39, 0.29) is 18.5 Å². The van der Waals surface area contributed by atoms with Crippen molar-refractivity contribution >= 4 is 23.6 Å². The molecule has 0 aromatic rings. The molecule has 0 spiro atoms. The van der Waals surface area contributed by atoms with Crippen LogP contribution in [-0.2, 0) is 14.4 Å². The van der Waals surface area contributed by atoms with Crippen molar-refractivity contribution in [1.29, 1.82) is 0 Å². The van der Waals surface area contributed by atoms with Gasteiger partial charge in [-0.25, -0.2) is 4.79 Å². The molecule has 1 heterocycles. The first-order valence-corrected chi connectivity index (χ1v) is 9.47. The standard InChI is InChI=1S/C19H34N6O4/c1-9-15(17(20-5)29-23(6)7)22-24(8)13-16(26)25-11-10-14(12-25)21-18(27)28-19(2,3)4/h9,14H,1,10-13H2,2-8H3,(H,21,27)/b20-17?,22-15+. The summed E-state index contributed by atoms with van der Waals surface area (Å²) in [6, 6.07) is -0.126. The molecule has 0 radical (unpaired) electrons. The van der Waals surface area contributed by atoms with Crippen LogP contribution in [0, 0.1) is 0 Å². The van der Waals surface area contributed by atoms with E-state index in [1.807, 2.05) is 20.8 Å². The van der Waals surface area contributed by atoms with E-state index in [2.05, 4.69) is 22.0 Å². The Hall–Kier alpha value is -2.62. The summed E-state index contributed by atoms with van der Waals surface area (Å²) >= 11 is 0. The number of carbonyl (C=O) groups is 2. The van der Waals surface area contributed by atoms with Crippen LogP contribution in [0.4, 0.5) is 4.79 Å². The molecule has 0 aliphatic carbocycles. The van der Waals surface area contributed by atoms with Gasteiger partial charge in [0.2, 0.25) is 5.91 Å². The third-order valence-electron chi connectivity index (χ3n) is 3.79. The van der Waals surface area contributed by atoms with E-state index in [4.69, 9.17) is 9.57 Å². The van der Waals surface area contributed by atoms with E-state index in [1.54, 1.807) is 33.1 Å². The molecule has 0 aromatic heterocycles. The average molecular weight is 411 g/mol. The highest BCUT2D eigenvalue weighted by Crippen LogP contribution is 2.12. The lowest BCUT2D eigenvalue weighted by molar-refractivity contribution is -0.131. The largest absolute Gasteiger partial charge is 0.444 e. The number of likely N-dealkylation sites (tertiary alicyclic amines) is 1. The summed E-state index contributed by atoms with van der Waals surface area (Å²) in [5.74, 6) is 0.212. The molecule has 1 fully saturated rings. The molecule has 2 amide bonds. The van der Waals surface area contributed by atoms with Gasteiger partial charge < -0.3 is 19.8 Å². The van der Waals surface area contributed by atoms with Gasteiger partial charge in [-0.1, -0.05) is 6.58 Å². The van der Waals surface area contributed by atoms with E-state index in [0.717, 1.165) is 0 Å². The molecular weight excluding hydrogens is 376 g/mol. The lowest BCUT2D eigenvalue weighted by atomic mass is 10.2. The molecule has 1 atom stereocenters. The number of hydrogen-bond acceptors (Lipinski definition) is 8. The average Bonchev–Trinajstić information content (AvgIpc) is 3.04. The molecule has 0 aromatic carbocycles. The summed E-state index contributed by atoms with van der Waals surface area (Å²) in [5, 5.41) is 10.2. The van der Waals surface area contributed by atoms with E-state index in [0.29, 0.717) is 31.1 Å². The smallest absolute Gasteiger partial charge is 0.407 e. The molecule has 1 saturated heterocycles. The van der Waals surface area contributed by atoms with Crippen LogP contribution in [0.2, 0.25) is 0 Å². The predicted octanol–water partition coefficient (Wildman–Crippen LogP) is 1.11. The normalized spacial score (nSPS) is 17.9. The van der Waals surface area contributed by atoms with E-state index in [1.165, 1.54) is 16.1 Å². The summed E-state index contributed by atoms with van der Waals surface area (Å²) in [6.45, 7) is 10.2. The van der Waals surface area contributed by atoms with Crippen LogP contribution in [0.5, 0.6) is 0 Å². The highest BCUT2D eigenvalue weighted by atomic mass is 16.7. The van der Waals surface area contributed by atoms with Crippen molar-refractivity contribution in [2.75, 3.05) is 47.8 Å². The Balaban J connectivity index is 2.60. The van der Waals surface area contributed by atoms with Gasteiger partial charge in [-0.05, 0) is 33.3 Å². The number of amides is 2. The zero-order valence-corrected chi connectivity index (χ0v) is 18.6. The first kappa shape index (κ1) is 24.4. The van der Waals surface area contributed by atoms with E-state index >= 15 is 0 Å². The van der Waals surface area contributed by atoms with Crippen LogP contribution in [0.3, 0.4) is 0 Å². The van der Waals surface area contributed by atoms with Crippen LogP contribution in [0.1, 0.15) is 27.2 Å². The van der Waals surface area contributed by atoms with Crippen molar-refractivity contribution in [2.24, 2.45) is 10.1 Å². The fraction of sp³-hybridized carbons (Fsp3) is 0.684. The van der Waals surface area contributed by atoms with Crippen molar-refractivity contribution in [3.8, 4) is 0 Å². The summed E-state index contributed by atoms with van der Waals surface area (Å²) < 4.78 is 5.26. The number of nitrogens with zero attached hydrogens (tertiary/aromatic N) is 5. The SMILES string of the molecule is C=C/C(=N\N(C)CC(=O)N1CCC(NC(=O)OC(C)(C)C)C1)C(=NC)ON(C)C. The Kier molecular flexibility index (Phi) is 9.09. The number of rotatable bonds is 7. The molecule has 10 nitrogen and oxygen atoms in total. The number of aliphatic imine (C=N–C) groups is 1. The molecule has 10 heteroatoms. The third kappa shape index (κ3) is 8.95. The van der Waals surface area contributed by atoms with E-state index < -0.39 is 11.7 Å². The second kappa shape index (κ2) is 10.8. The highest BCUT2D eigenvalue weighted by Gasteiger charge is 2.29. The Labute approximate surface area is 173 Å². The maximum atomic E-state index is 12.6. The first-order valence-electron chi connectivity index (χ1n) is 9.47. The molecule has 29 heavy (non-hydrogen) atoms. The Morgan fingerprint density at radius 3 is 2.48 bits per heavy atom. The van der Waals surface area contributed by atoms with Crippen LogP contribution in [0.15, 0.2) is 22.7 Å². The van der Waals surface area contributed by atoms with Gasteiger partial charge in [-0.15, -0.1) is 5.06 Å². The number of ether oxygens (including phenoxy) is 1. The second-order valence-corrected chi connectivity index (χ2v) is 7.91. The van der Waals surface area contributed by atoms with Crippen molar-refractivity contribution < 1.29 is 19.2 Å². The molecule has 1 rings (SSSR count). The number of carbonyl (C=O) groups excluding carboxylic acids is 2. The predicted molar refractivity (Wildman–Crippen MR) is 113 cm³/mol. The van der Waals surface area contributed by atoms with Gasteiger partial charge in [0, 0.05) is 41.3 Å². The molecule has 1 N–H and O–H groups in total. The maximum Gasteiger partial charge on any atom is 0.407 e. The Bertz CT molecular complexity index is 654. The van der Waals surface area contributed by atoms with Crippen LogP contribution >= 0.6 is 0 Å². The number of hydroxylamine groups is 2. The molecule has 0 bridgehead atoms. The number of likely N-dealkylation sites (N-methyl/N-ethyl adjacent to an activating group) is 1. The van der Waals surface area contributed by atoms with Gasteiger partial charge in [0.05, 0.1) is 6.04 Å². The topological polar surface area (TPSA) is 99.1 Å². The number of alkyl carbamates (subject to hydrolysis) is 1. The zero-order chi connectivity index (χ0) is 22.2. The summed E-state index contributed by atoms with van der Waals surface area (Å²) in [6.07, 6.45) is 1.73. The van der Waals surface area contributed by atoms with Crippen molar-refractivity contribution in [3.05, 3.63) is 12.7 Å². The third-order valence-corrected chi connectivity index (χ3v) is 3.79. The van der Waals surface area contributed by atoms with Crippen LogP contribution in [0.25, 0.3) is 0 Å². The molecular formula is C19H34N6O4. The number of hydrogen-bond donors (Lipinski definition) is 1. The minimum absolute atomic E-state index is 0.0788. The van der Waals surface area contributed by atoms with Gasteiger partial charge >= 0.3 is 6.09 Å². The van der Waals surface area contributed by atoms with Gasteiger partial charge in [0.15, 0.2) is 0 Å². The lowest BCUT2D eigenvalue weighted by Crippen LogP contribution is -2.42. The zero-order valence-electron chi connectivity index (χ0n) is 18.6. The summed E-state index contributed by atoms with van der Waals surface area (Å²) in [4.78, 5) is 35.7. The van der Waals surface area contributed by atoms with Gasteiger partial charge in [-0.2, -0.15) is 5.10 Å². The van der Waals surface area contributed by atoms with Gasteiger partial charge in [0.25, 0.3) is 5.90 Å².